The van der Waals surface area contributed by atoms with Gasteiger partial charge in [0.25, 0.3) is 0 Å². The Morgan fingerprint density at radius 1 is 1.21 bits per heavy atom. The van der Waals surface area contributed by atoms with Crippen LogP contribution in [-0.2, 0) is 19.4 Å². The number of carbonyl (C=O) groups excluding carboxylic acids is 1. The van der Waals surface area contributed by atoms with Crippen LogP contribution < -0.4 is 11.1 Å². The van der Waals surface area contributed by atoms with E-state index >= 15 is 0 Å². The molecule has 0 saturated heterocycles. The van der Waals surface area contributed by atoms with Crippen LogP contribution >= 0.6 is 0 Å². The van der Waals surface area contributed by atoms with Crippen molar-refractivity contribution in [3.05, 3.63) is 69.7 Å². The molecule has 0 radical (unpaired) electrons. The zero-order valence-corrected chi connectivity index (χ0v) is 17.3. The molecule has 148 valence electrons. The van der Waals surface area contributed by atoms with Crippen LogP contribution in [0.1, 0.15) is 57.3 Å². The molecular formula is C23H30N4O. The zero-order valence-electron chi connectivity index (χ0n) is 17.3. The Balaban J connectivity index is 1.68. The number of amides is 1. The standard InChI is InChI=1S/C23H30N4O/c1-5-18-9-6-8-15(2)21(18)13-25-11-7-10-19-12-20(22(24)28)14-27-17(4)16(3)26-23(19)27/h6,8-9,12,14,25H,5,7,10-11,13H2,1-4H3,(H2,24,28). The number of nitrogens with one attached hydrogen (secondary N) is 1. The van der Waals surface area contributed by atoms with Gasteiger partial charge in [-0.15, -0.1) is 0 Å². The van der Waals surface area contributed by atoms with Crippen LogP contribution in [0, 0.1) is 20.8 Å². The minimum absolute atomic E-state index is 0.404. The summed E-state index contributed by atoms with van der Waals surface area (Å²) in [5.41, 5.74) is 14.2. The van der Waals surface area contributed by atoms with E-state index in [4.69, 9.17) is 5.73 Å². The summed E-state index contributed by atoms with van der Waals surface area (Å²) in [5, 5.41) is 3.57. The largest absolute Gasteiger partial charge is 0.366 e. The normalized spacial score (nSPS) is 11.3. The molecule has 2 aromatic heterocycles. The summed E-state index contributed by atoms with van der Waals surface area (Å²) in [7, 11) is 0. The van der Waals surface area contributed by atoms with E-state index in [-0.39, 0.29) is 0 Å². The predicted molar refractivity (Wildman–Crippen MR) is 114 cm³/mol. The minimum Gasteiger partial charge on any atom is -0.366 e. The molecule has 0 fully saturated rings. The minimum atomic E-state index is -0.404. The molecule has 3 N–H and O–H groups in total. The van der Waals surface area contributed by atoms with E-state index in [1.54, 1.807) is 6.20 Å². The van der Waals surface area contributed by atoms with Crippen LogP contribution in [0.5, 0.6) is 0 Å². The summed E-state index contributed by atoms with van der Waals surface area (Å²) < 4.78 is 1.99. The Bertz CT molecular complexity index is 1000. The second-order valence-corrected chi connectivity index (χ2v) is 7.44. The molecule has 0 atom stereocenters. The van der Waals surface area contributed by atoms with Gasteiger partial charge >= 0.3 is 0 Å². The third kappa shape index (κ3) is 4.09. The lowest BCUT2D eigenvalue weighted by Gasteiger charge is -2.13. The Hall–Kier alpha value is -2.66. The lowest BCUT2D eigenvalue weighted by Crippen LogP contribution is -2.18. The first-order valence-electron chi connectivity index (χ1n) is 9.98. The molecule has 28 heavy (non-hydrogen) atoms. The summed E-state index contributed by atoms with van der Waals surface area (Å²) in [6.45, 7) is 10.2. The van der Waals surface area contributed by atoms with E-state index < -0.39 is 5.91 Å². The number of hydrogen-bond donors (Lipinski definition) is 2. The summed E-state index contributed by atoms with van der Waals surface area (Å²) >= 11 is 0. The van der Waals surface area contributed by atoms with E-state index in [0.717, 1.165) is 55.0 Å². The highest BCUT2D eigenvalue weighted by Crippen LogP contribution is 2.19. The van der Waals surface area contributed by atoms with Gasteiger partial charge in [-0.05, 0) is 74.9 Å². The molecule has 2 heterocycles. The first kappa shape index (κ1) is 20.1. The van der Waals surface area contributed by atoms with Crippen molar-refractivity contribution < 1.29 is 4.79 Å². The summed E-state index contributed by atoms with van der Waals surface area (Å²) in [6, 6.07) is 8.40. The van der Waals surface area contributed by atoms with Crippen molar-refractivity contribution in [2.75, 3.05) is 6.54 Å². The summed E-state index contributed by atoms with van der Waals surface area (Å²) in [4.78, 5) is 16.4. The maximum atomic E-state index is 11.7. The molecular weight excluding hydrogens is 348 g/mol. The van der Waals surface area contributed by atoms with Crippen molar-refractivity contribution in [1.82, 2.24) is 14.7 Å². The average Bonchev–Trinajstić information content (AvgIpc) is 2.96. The van der Waals surface area contributed by atoms with Crippen LogP contribution in [0.2, 0.25) is 0 Å². The van der Waals surface area contributed by atoms with Crippen LogP contribution in [0.25, 0.3) is 5.65 Å². The molecule has 3 aromatic rings. The number of rotatable bonds is 8. The second kappa shape index (κ2) is 8.57. The molecule has 1 amide bonds. The topological polar surface area (TPSA) is 72.4 Å². The van der Waals surface area contributed by atoms with Crippen molar-refractivity contribution in [3.8, 4) is 0 Å². The van der Waals surface area contributed by atoms with Crippen molar-refractivity contribution in [3.63, 3.8) is 0 Å². The Kier molecular flexibility index (Phi) is 6.15. The highest BCUT2D eigenvalue weighted by atomic mass is 16.1. The average molecular weight is 379 g/mol. The number of primary amides is 1. The molecule has 0 saturated carbocycles. The predicted octanol–water partition coefficient (Wildman–Crippen LogP) is 3.64. The third-order valence-corrected chi connectivity index (χ3v) is 5.55. The summed E-state index contributed by atoms with van der Waals surface area (Å²) in [5.74, 6) is -0.404. The van der Waals surface area contributed by atoms with Gasteiger partial charge in [-0.3, -0.25) is 4.79 Å². The molecule has 0 spiro atoms. The smallest absolute Gasteiger partial charge is 0.250 e. The van der Waals surface area contributed by atoms with Crippen LogP contribution in [-0.4, -0.2) is 21.8 Å². The molecule has 0 bridgehead atoms. The maximum absolute atomic E-state index is 11.7. The first-order chi connectivity index (χ1) is 13.4. The van der Waals surface area contributed by atoms with Gasteiger partial charge in [0.15, 0.2) is 0 Å². The maximum Gasteiger partial charge on any atom is 0.250 e. The second-order valence-electron chi connectivity index (χ2n) is 7.44. The lowest BCUT2D eigenvalue weighted by molar-refractivity contribution is 0.1000. The number of aryl methyl sites for hydroxylation is 5. The fourth-order valence-corrected chi connectivity index (χ4v) is 3.72. The number of carbonyl (C=O) groups is 1. The molecule has 0 aliphatic rings. The zero-order chi connectivity index (χ0) is 20.3. The number of fused-ring (bicyclic) bond motifs is 1. The van der Waals surface area contributed by atoms with Gasteiger partial charge in [0, 0.05) is 18.4 Å². The molecule has 0 aliphatic carbocycles. The van der Waals surface area contributed by atoms with Gasteiger partial charge in [-0.1, -0.05) is 25.1 Å². The van der Waals surface area contributed by atoms with Gasteiger partial charge in [-0.25, -0.2) is 4.98 Å². The quantitative estimate of drug-likeness (QED) is 0.588. The number of nitrogens with zero attached hydrogens (tertiary/aromatic N) is 2. The van der Waals surface area contributed by atoms with Gasteiger partial charge in [0.2, 0.25) is 5.91 Å². The highest BCUT2D eigenvalue weighted by Gasteiger charge is 2.13. The van der Waals surface area contributed by atoms with E-state index in [9.17, 15) is 4.79 Å². The van der Waals surface area contributed by atoms with E-state index in [0.29, 0.717) is 5.56 Å². The van der Waals surface area contributed by atoms with Gasteiger partial charge < -0.3 is 15.5 Å². The molecule has 3 rings (SSSR count). The van der Waals surface area contributed by atoms with Gasteiger partial charge in [0.1, 0.15) is 5.65 Å². The fourth-order valence-electron chi connectivity index (χ4n) is 3.72. The SMILES string of the molecule is CCc1cccc(C)c1CNCCCc1cc(C(N)=O)cn2c(C)c(C)nc12. The van der Waals surface area contributed by atoms with Crippen molar-refractivity contribution >= 4 is 11.6 Å². The van der Waals surface area contributed by atoms with Crippen molar-refractivity contribution in [2.24, 2.45) is 5.73 Å². The number of benzene rings is 1. The number of pyridine rings is 1. The van der Waals surface area contributed by atoms with E-state index in [1.165, 1.54) is 16.7 Å². The summed E-state index contributed by atoms with van der Waals surface area (Å²) in [6.07, 6.45) is 4.66. The lowest BCUT2D eigenvalue weighted by atomic mass is 10.00. The third-order valence-electron chi connectivity index (χ3n) is 5.55. The number of nitrogens with two attached hydrogens (primary N) is 1. The molecule has 0 aliphatic heterocycles. The molecule has 0 unspecified atom stereocenters. The Labute approximate surface area is 167 Å². The van der Waals surface area contributed by atoms with Crippen LogP contribution in [0.4, 0.5) is 0 Å². The molecule has 5 nitrogen and oxygen atoms in total. The Morgan fingerprint density at radius 2 is 2.00 bits per heavy atom. The number of imidazole rings is 1. The first-order valence-corrected chi connectivity index (χ1v) is 9.98. The highest BCUT2D eigenvalue weighted by molar-refractivity contribution is 5.93. The van der Waals surface area contributed by atoms with Gasteiger partial charge in [-0.2, -0.15) is 0 Å². The van der Waals surface area contributed by atoms with E-state index in [1.807, 2.05) is 24.3 Å². The van der Waals surface area contributed by atoms with Crippen molar-refractivity contribution in [1.29, 1.82) is 0 Å². The Morgan fingerprint density at radius 3 is 2.71 bits per heavy atom. The monoisotopic (exact) mass is 378 g/mol. The van der Waals surface area contributed by atoms with Crippen LogP contribution in [0.3, 0.4) is 0 Å². The fraction of sp³-hybridized carbons (Fsp3) is 0.391. The molecule has 5 heteroatoms. The number of hydrogen-bond acceptors (Lipinski definition) is 3. The van der Waals surface area contributed by atoms with Gasteiger partial charge in [0.05, 0.1) is 11.3 Å². The van der Waals surface area contributed by atoms with E-state index in [2.05, 4.69) is 42.3 Å². The molecule has 1 aromatic carbocycles. The van der Waals surface area contributed by atoms with Crippen molar-refractivity contribution in [2.45, 2.75) is 53.5 Å². The number of aromatic nitrogens is 2. The van der Waals surface area contributed by atoms with Crippen LogP contribution in [0.15, 0.2) is 30.5 Å².